The molecule has 0 radical (unpaired) electrons. The lowest BCUT2D eigenvalue weighted by molar-refractivity contribution is -0.326. The first kappa shape index (κ1) is 27.1. The van der Waals surface area contributed by atoms with Crippen molar-refractivity contribution in [3.8, 4) is 0 Å². The van der Waals surface area contributed by atoms with Crippen molar-refractivity contribution in [1.82, 2.24) is 5.06 Å². The van der Waals surface area contributed by atoms with E-state index >= 15 is 0 Å². The number of rotatable bonds is 4. The molecule has 6 aliphatic rings. The van der Waals surface area contributed by atoms with E-state index in [4.69, 9.17) is 14.3 Å². The largest absolute Gasteiger partial charge is 0.458 e. The van der Waals surface area contributed by atoms with Crippen LogP contribution in [-0.4, -0.2) is 88.0 Å². The molecule has 1 saturated heterocycles. The summed E-state index contributed by atoms with van der Waals surface area (Å²) in [6.07, 6.45) is 5.76. The molecule has 4 unspecified atom stereocenters. The molecule has 12 atom stereocenters. The lowest BCUT2D eigenvalue weighted by Crippen LogP contribution is -2.64. The van der Waals surface area contributed by atoms with Crippen LogP contribution in [0, 0.1) is 34.5 Å². The average molecular weight is 536 g/mol. The molecule has 0 spiro atoms. The highest BCUT2D eigenvalue weighted by molar-refractivity contribution is 5.85. The average Bonchev–Trinajstić information content (AvgIpc) is 3.44. The Morgan fingerprint density at radius 3 is 2.50 bits per heavy atom. The zero-order valence-corrected chi connectivity index (χ0v) is 22.9. The highest BCUT2D eigenvalue weighted by Gasteiger charge is 2.68. The maximum atomic E-state index is 12.4. The van der Waals surface area contributed by atoms with Crippen LogP contribution in [0.15, 0.2) is 11.6 Å². The van der Waals surface area contributed by atoms with Crippen LogP contribution in [0.1, 0.15) is 71.6 Å². The number of nitrogens with zero attached hydrogens (tertiary/aromatic N) is 1. The van der Waals surface area contributed by atoms with Gasteiger partial charge in [-0.2, -0.15) is 5.06 Å². The summed E-state index contributed by atoms with van der Waals surface area (Å²) in [6.45, 7) is 5.01. The van der Waals surface area contributed by atoms with Crippen molar-refractivity contribution in [1.29, 1.82) is 0 Å². The minimum absolute atomic E-state index is 0.0383. The lowest BCUT2D eigenvalue weighted by Gasteiger charge is -2.64. The van der Waals surface area contributed by atoms with Gasteiger partial charge in [0.15, 0.2) is 6.23 Å². The van der Waals surface area contributed by atoms with Crippen LogP contribution >= 0.6 is 0 Å². The number of hydroxylamine groups is 2. The zero-order valence-electron chi connectivity index (χ0n) is 22.9. The summed E-state index contributed by atoms with van der Waals surface area (Å²) in [4.78, 5) is 17.5. The molecule has 2 heterocycles. The van der Waals surface area contributed by atoms with Crippen molar-refractivity contribution in [2.75, 3.05) is 20.3 Å². The van der Waals surface area contributed by atoms with E-state index in [9.17, 15) is 25.2 Å². The predicted molar refractivity (Wildman–Crippen MR) is 136 cm³/mol. The Kier molecular flexibility index (Phi) is 6.78. The number of carbonyl (C=O) groups excluding carboxylic acids is 1. The van der Waals surface area contributed by atoms with E-state index in [-0.39, 0.29) is 41.3 Å². The van der Waals surface area contributed by atoms with Gasteiger partial charge in [0.05, 0.1) is 19.3 Å². The lowest BCUT2D eigenvalue weighted by atomic mass is 9.43. The molecular formula is C29H45NO8. The van der Waals surface area contributed by atoms with Gasteiger partial charge in [-0.05, 0) is 92.4 Å². The van der Waals surface area contributed by atoms with E-state index in [2.05, 4.69) is 13.8 Å². The van der Waals surface area contributed by atoms with Crippen molar-refractivity contribution < 1.29 is 39.5 Å². The second kappa shape index (κ2) is 9.50. The van der Waals surface area contributed by atoms with Gasteiger partial charge >= 0.3 is 5.97 Å². The summed E-state index contributed by atoms with van der Waals surface area (Å²) in [7, 11) is 1.57. The SMILES string of the molecule is CON(C1OC[C@@H](O)[C@H](O)[C@H]1O)[C@@H]1CC[C@@]2(C)C(CCC3C2CC[C@]2(C)[C@@H](C4=CC(=O)OC4)CC[C@]32O)C1. The topological polar surface area (TPSA) is 129 Å². The number of esters is 1. The molecule has 9 heteroatoms. The monoisotopic (exact) mass is 535 g/mol. The van der Waals surface area contributed by atoms with E-state index in [0.29, 0.717) is 18.4 Å². The van der Waals surface area contributed by atoms with Crippen molar-refractivity contribution in [2.24, 2.45) is 34.5 Å². The number of ether oxygens (including phenoxy) is 2. The van der Waals surface area contributed by atoms with Gasteiger partial charge in [0, 0.05) is 17.5 Å². The quantitative estimate of drug-likeness (QED) is 0.315. The van der Waals surface area contributed by atoms with Gasteiger partial charge in [-0.15, -0.1) is 0 Å². The fourth-order valence-corrected chi connectivity index (χ4v) is 10.1. The summed E-state index contributed by atoms with van der Waals surface area (Å²) >= 11 is 0. The Bertz CT molecular complexity index is 974. The molecule has 6 rings (SSSR count). The Morgan fingerprint density at radius 2 is 1.79 bits per heavy atom. The molecule has 38 heavy (non-hydrogen) atoms. The van der Waals surface area contributed by atoms with Crippen molar-refractivity contribution >= 4 is 5.97 Å². The van der Waals surface area contributed by atoms with E-state index < -0.39 is 30.1 Å². The second-order valence-electron chi connectivity index (χ2n) is 13.5. The normalized spacial score (nSPS) is 52.7. The molecule has 0 aromatic heterocycles. The Hall–Kier alpha value is -1.07. The number of carbonyl (C=O) groups is 1. The molecule has 0 aromatic carbocycles. The molecule has 0 amide bonds. The first-order valence-electron chi connectivity index (χ1n) is 14.6. The van der Waals surface area contributed by atoms with Gasteiger partial charge in [-0.3, -0.25) is 4.84 Å². The molecule has 4 N–H and O–H groups in total. The molecule has 0 aromatic rings. The predicted octanol–water partition coefficient (Wildman–Crippen LogP) is 1.91. The third kappa shape index (κ3) is 3.80. The number of fused-ring (bicyclic) bond motifs is 5. The molecular weight excluding hydrogens is 490 g/mol. The van der Waals surface area contributed by atoms with Crippen LogP contribution in [-0.2, 0) is 19.1 Å². The maximum absolute atomic E-state index is 12.4. The number of cyclic esters (lactones) is 1. The van der Waals surface area contributed by atoms with Crippen LogP contribution in [0.3, 0.4) is 0 Å². The molecule has 2 aliphatic heterocycles. The second-order valence-corrected chi connectivity index (χ2v) is 13.5. The highest BCUT2D eigenvalue weighted by atomic mass is 16.7. The Balaban J connectivity index is 1.19. The highest BCUT2D eigenvalue weighted by Crippen LogP contribution is 2.70. The van der Waals surface area contributed by atoms with Crippen LogP contribution in [0.4, 0.5) is 0 Å². The maximum Gasteiger partial charge on any atom is 0.331 e. The summed E-state index contributed by atoms with van der Waals surface area (Å²) < 4.78 is 11.0. The molecule has 9 nitrogen and oxygen atoms in total. The first-order valence-corrected chi connectivity index (χ1v) is 14.6. The number of aliphatic hydroxyl groups excluding tert-OH is 3. The van der Waals surface area contributed by atoms with Gasteiger partial charge in [0.1, 0.15) is 24.9 Å². The molecule has 4 saturated carbocycles. The number of aliphatic hydroxyl groups is 4. The van der Waals surface area contributed by atoms with Gasteiger partial charge in [-0.25, -0.2) is 4.79 Å². The Morgan fingerprint density at radius 1 is 1.00 bits per heavy atom. The van der Waals surface area contributed by atoms with E-state index in [1.165, 1.54) is 0 Å². The molecule has 4 aliphatic carbocycles. The van der Waals surface area contributed by atoms with Crippen molar-refractivity contribution in [3.63, 3.8) is 0 Å². The van der Waals surface area contributed by atoms with Crippen molar-refractivity contribution in [3.05, 3.63) is 11.6 Å². The number of hydrogen-bond donors (Lipinski definition) is 4. The van der Waals surface area contributed by atoms with Gasteiger partial charge in [-0.1, -0.05) is 13.8 Å². The van der Waals surface area contributed by atoms with Gasteiger partial charge < -0.3 is 29.9 Å². The smallest absolute Gasteiger partial charge is 0.331 e. The summed E-state index contributed by atoms with van der Waals surface area (Å²) in [6, 6.07) is 0.0383. The summed E-state index contributed by atoms with van der Waals surface area (Å²) in [5.41, 5.74) is 0.215. The molecule has 5 fully saturated rings. The van der Waals surface area contributed by atoms with E-state index in [0.717, 1.165) is 63.4 Å². The fourth-order valence-electron chi connectivity index (χ4n) is 10.1. The minimum atomic E-state index is -1.27. The molecule has 214 valence electrons. The van der Waals surface area contributed by atoms with Crippen LogP contribution in [0.2, 0.25) is 0 Å². The Labute approximate surface area is 225 Å². The zero-order chi connectivity index (χ0) is 27.0. The van der Waals surface area contributed by atoms with E-state index in [1.807, 2.05) is 0 Å². The summed E-state index contributed by atoms with van der Waals surface area (Å²) in [5, 5.41) is 44.9. The standard InChI is InChI=1S/C29H45NO8/c1-27-9-6-18(30(36-3)26-25(34)24(33)22(31)15-38-26)13-17(27)4-5-21-20(27)7-10-28(2)19(8-11-29(21,28)35)16-12-23(32)37-14-16/h12,17-22,24-26,31,33-35H,4-11,13-15H2,1-3H3/t17?,18-,19-,20?,21?,22-,24+,25-,26?,27+,28-,29+/m1/s1. The van der Waals surface area contributed by atoms with Crippen LogP contribution in [0.5, 0.6) is 0 Å². The first-order chi connectivity index (χ1) is 18.0. The van der Waals surface area contributed by atoms with Gasteiger partial charge in [0.25, 0.3) is 0 Å². The van der Waals surface area contributed by atoms with Crippen molar-refractivity contribution in [2.45, 2.75) is 108 Å². The summed E-state index contributed by atoms with van der Waals surface area (Å²) in [5.74, 6) is 1.11. The van der Waals surface area contributed by atoms with Gasteiger partial charge in [0.2, 0.25) is 0 Å². The van der Waals surface area contributed by atoms with Crippen LogP contribution < -0.4 is 0 Å². The number of hydrogen-bond acceptors (Lipinski definition) is 9. The minimum Gasteiger partial charge on any atom is -0.458 e. The molecule has 0 bridgehead atoms. The van der Waals surface area contributed by atoms with Crippen LogP contribution in [0.25, 0.3) is 0 Å². The third-order valence-electron chi connectivity index (χ3n) is 12.3. The fraction of sp³-hybridized carbons (Fsp3) is 0.897. The third-order valence-corrected chi connectivity index (χ3v) is 12.3. The van der Waals surface area contributed by atoms with E-state index in [1.54, 1.807) is 18.2 Å².